The fraction of sp³-hybridized carbons (Fsp3) is 0.176. The predicted molar refractivity (Wildman–Crippen MR) is 86.8 cm³/mol. The zero-order chi connectivity index (χ0) is 15.2. The summed E-state index contributed by atoms with van der Waals surface area (Å²) < 4.78 is 0. The standard InChI is InChI=1S/C17H17NO2S/c1-12(19)14-7-6-10-16(11-14)21-13(2)17(20)18-15-8-4-3-5-9-15/h3-11,13H,1-2H3,(H,18,20). The van der Waals surface area contributed by atoms with Crippen molar-refractivity contribution in [2.24, 2.45) is 0 Å². The van der Waals surface area contributed by atoms with Gasteiger partial charge >= 0.3 is 0 Å². The highest BCUT2D eigenvalue weighted by molar-refractivity contribution is 8.00. The Morgan fingerprint density at radius 1 is 1.05 bits per heavy atom. The molecule has 0 heterocycles. The molecule has 1 unspecified atom stereocenters. The summed E-state index contributed by atoms with van der Waals surface area (Å²) in [6, 6.07) is 16.7. The summed E-state index contributed by atoms with van der Waals surface area (Å²) in [4.78, 5) is 24.4. The molecule has 2 rings (SSSR count). The van der Waals surface area contributed by atoms with Crippen LogP contribution in [0.1, 0.15) is 24.2 Å². The Morgan fingerprint density at radius 3 is 2.43 bits per heavy atom. The second-order valence-corrected chi connectivity index (χ2v) is 6.11. The van der Waals surface area contributed by atoms with Gasteiger partial charge in [0.05, 0.1) is 5.25 Å². The summed E-state index contributed by atoms with van der Waals surface area (Å²) in [6.45, 7) is 3.39. The van der Waals surface area contributed by atoms with Crippen LogP contribution < -0.4 is 5.32 Å². The van der Waals surface area contributed by atoms with Crippen LogP contribution in [0.25, 0.3) is 0 Å². The second-order valence-electron chi connectivity index (χ2n) is 4.70. The third-order valence-electron chi connectivity index (χ3n) is 2.96. The number of nitrogens with one attached hydrogen (secondary N) is 1. The molecule has 108 valence electrons. The summed E-state index contributed by atoms with van der Waals surface area (Å²) in [5.74, 6) is -0.0294. The first-order chi connectivity index (χ1) is 10.1. The average molecular weight is 299 g/mol. The molecule has 21 heavy (non-hydrogen) atoms. The zero-order valence-corrected chi connectivity index (χ0v) is 12.8. The number of anilines is 1. The molecule has 0 spiro atoms. The first kappa shape index (κ1) is 15.3. The van der Waals surface area contributed by atoms with Gasteiger partial charge in [0.1, 0.15) is 0 Å². The number of hydrogen-bond acceptors (Lipinski definition) is 3. The molecule has 3 nitrogen and oxygen atoms in total. The van der Waals surface area contributed by atoms with Crippen molar-refractivity contribution in [3.8, 4) is 0 Å². The SMILES string of the molecule is CC(=O)c1cccc(SC(C)C(=O)Nc2ccccc2)c1. The summed E-state index contributed by atoms with van der Waals surface area (Å²) in [5.41, 5.74) is 1.45. The summed E-state index contributed by atoms with van der Waals surface area (Å²) in [6.07, 6.45) is 0. The van der Waals surface area contributed by atoms with Gasteiger partial charge in [-0.2, -0.15) is 0 Å². The van der Waals surface area contributed by atoms with Gasteiger partial charge in [0.15, 0.2) is 5.78 Å². The van der Waals surface area contributed by atoms with Gasteiger partial charge in [-0.25, -0.2) is 0 Å². The van der Waals surface area contributed by atoms with Gasteiger partial charge in [-0.05, 0) is 38.1 Å². The average Bonchev–Trinajstić information content (AvgIpc) is 2.48. The lowest BCUT2D eigenvalue weighted by Crippen LogP contribution is -2.22. The Kier molecular flexibility index (Phi) is 5.17. The quantitative estimate of drug-likeness (QED) is 0.670. The first-order valence-electron chi connectivity index (χ1n) is 6.70. The lowest BCUT2D eigenvalue weighted by atomic mass is 10.2. The van der Waals surface area contributed by atoms with Gasteiger partial charge in [0.25, 0.3) is 0 Å². The van der Waals surface area contributed by atoms with E-state index in [0.29, 0.717) is 5.56 Å². The van der Waals surface area contributed by atoms with Crippen LogP contribution >= 0.6 is 11.8 Å². The molecule has 1 N–H and O–H groups in total. The highest BCUT2D eigenvalue weighted by Crippen LogP contribution is 2.25. The maximum atomic E-state index is 12.1. The van der Waals surface area contributed by atoms with Crippen LogP contribution in [0.2, 0.25) is 0 Å². The van der Waals surface area contributed by atoms with Gasteiger partial charge in [-0.15, -0.1) is 11.8 Å². The van der Waals surface area contributed by atoms with Gasteiger partial charge < -0.3 is 5.32 Å². The molecule has 0 bridgehead atoms. The second kappa shape index (κ2) is 7.09. The van der Waals surface area contributed by atoms with Crippen molar-refractivity contribution in [2.75, 3.05) is 5.32 Å². The Labute approximate surface area is 128 Å². The van der Waals surface area contributed by atoms with E-state index in [-0.39, 0.29) is 16.9 Å². The highest BCUT2D eigenvalue weighted by Gasteiger charge is 2.15. The Hall–Kier alpha value is -2.07. The van der Waals surface area contributed by atoms with Gasteiger partial charge in [0, 0.05) is 16.1 Å². The van der Waals surface area contributed by atoms with Crippen molar-refractivity contribution in [1.82, 2.24) is 0 Å². The van der Waals surface area contributed by atoms with Crippen molar-refractivity contribution < 1.29 is 9.59 Å². The fourth-order valence-corrected chi connectivity index (χ4v) is 2.74. The van der Waals surface area contributed by atoms with E-state index in [1.54, 1.807) is 6.07 Å². The van der Waals surface area contributed by atoms with E-state index in [2.05, 4.69) is 5.32 Å². The number of carbonyl (C=O) groups is 2. The zero-order valence-electron chi connectivity index (χ0n) is 12.0. The minimum absolute atomic E-state index is 0.0267. The smallest absolute Gasteiger partial charge is 0.237 e. The largest absolute Gasteiger partial charge is 0.325 e. The maximum absolute atomic E-state index is 12.1. The molecule has 1 atom stereocenters. The van der Waals surface area contributed by atoms with Gasteiger partial charge in [-0.1, -0.05) is 30.3 Å². The Bertz CT molecular complexity index is 640. The third-order valence-corrected chi connectivity index (χ3v) is 4.06. The van der Waals surface area contributed by atoms with E-state index < -0.39 is 0 Å². The van der Waals surface area contributed by atoms with E-state index in [4.69, 9.17) is 0 Å². The number of amides is 1. The molecule has 1 amide bonds. The number of benzene rings is 2. The molecule has 2 aromatic rings. The van der Waals surface area contributed by atoms with Crippen molar-refractivity contribution in [3.05, 3.63) is 60.2 Å². The Morgan fingerprint density at radius 2 is 1.76 bits per heavy atom. The van der Waals surface area contributed by atoms with E-state index in [9.17, 15) is 9.59 Å². The normalized spacial score (nSPS) is 11.7. The van der Waals surface area contributed by atoms with Gasteiger partial charge in [0.2, 0.25) is 5.91 Å². The monoisotopic (exact) mass is 299 g/mol. The number of carbonyl (C=O) groups excluding carboxylic acids is 2. The molecule has 4 heteroatoms. The minimum atomic E-state index is -0.243. The van der Waals surface area contributed by atoms with Crippen LogP contribution in [0.5, 0.6) is 0 Å². The van der Waals surface area contributed by atoms with Crippen molar-refractivity contribution >= 4 is 29.1 Å². The summed E-state index contributed by atoms with van der Waals surface area (Å²) >= 11 is 1.44. The molecule has 0 aliphatic heterocycles. The third kappa shape index (κ3) is 4.46. The van der Waals surface area contributed by atoms with Crippen molar-refractivity contribution in [1.29, 1.82) is 0 Å². The molecule has 0 aliphatic carbocycles. The molecule has 0 saturated heterocycles. The van der Waals surface area contributed by atoms with E-state index in [1.165, 1.54) is 18.7 Å². The van der Waals surface area contributed by atoms with Crippen LogP contribution in [-0.4, -0.2) is 16.9 Å². The van der Waals surface area contributed by atoms with Crippen LogP contribution in [-0.2, 0) is 4.79 Å². The lowest BCUT2D eigenvalue weighted by molar-refractivity contribution is -0.115. The lowest BCUT2D eigenvalue weighted by Gasteiger charge is -2.12. The van der Waals surface area contributed by atoms with Crippen LogP contribution in [0.4, 0.5) is 5.69 Å². The molecule has 0 aromatic heterocycles. The molecule has 0 fully saturated rings. The minimum Gasteiger partial charge on any atom is -0.325 e. The Balaban J connectivity index is 2.00. The number of ketones is 1. The van der Waals surface area contributed by atoms with Crippen molar-refractivity contribution in [3.63, 3.8) is 0 Å². The number of hydrogen-bond donors (Lipinski definition) is 1. The number of Topliss-reactive ketones (excluding diaryl/α,β-unsaturated/α-hetero) is 1. The maximum Gasteiger partial charge on any atom is 0.237 e. The number of thioether (sulfide) groups is 1. The van der Waals surface area contributed by atoms with E-state index in [1.807, 2.05) is 55.5 Å². The molecule has 0 radical (unpaired) electrons. The predicted octanol–water partition coefficient (Wildman–Crippen LogP) is 4.01. The van der Waals surface area contributed by atoms with Crippen LogP contribution in [0, 0.1) is 0 Å². The molecule has 0 aliphatic rings. The number of para-hydroxylation sites is 1. The number of rotatable bonds is 5. The summed E-state index contributed by atoms with van der Waals surface area (Å²) in [5, 5.41) is 2.63. The van der Waals surface area contributed by atoms with Crippen molar-refractivity contribution in [2.45, 2.75) is 24.0 Å². The van der Waals surface area contributed by atoms with Gasteiger partial charge in [-0.3, -0.25) is 9.59 Å². The molecule has 2 aromatic carbocycles. The molecular formula is C17H17NO2S. The summed E-state index contributed by atoms with van der Waals surface area (Å²) in [7, 11) is 0. The van der Waals surface area contributed by atoms with Crippen LogP contribution in [0.15, 0.2) is 59.5 Å². The molecule has 0 saturated carbocycles. The highest BCUT2D eigenvalue weighted by atomic mass is 32.2. The topological polar surface area (TPSA) is 46.2 Å². The first-order valence-corrected chi connectivity index (χ1v) is 7.58. The fourth-order valence-electron chi connectivity index (χ4n) is 1.81. The van der Waals surface area contributed by atoms with E-state index >= 15 is 0 Å². The molecular weight excluding hydrogens is 282 g/mol. The van der Waals surface area contributed by atoms with E-state index in [0.717, 1.165) is 10.6 Å². The van der Waals surface area contributed by atoms with Crippen LogP contribution in [0.3, 0.4) is 0 Å².